The lowest BCUT2D eigenvalue weighted by Gasteiger charge is -2.43. The first-order valence-corrected chi connectivity index (χ1v) is 17.0. The van der Waals surface area contributed by atoms with Crippen LogP contribution in [0.4, 0.5) is 0 Å². The predicted molar refractivity (Wildman–Crippen MR) is 169 cm³/mol. The lowest BCUT2D eigenvalue weighted by molar-refractivity contribution is -0.218. The van der Waals surface area contributed by atoms with Crippen LogP contribution in [0.15, 0.2) is 12.7 Å². The van der Waals surface area contributed by atoms with Gasteiger partial charge in [0, 0.05) is 13.0 Å². The molecule has 9 heteroatoms. The number of amides is 1. The highest BCUT2D eigenvalue weighted by molar-refractivity contribution is 5.98. The molecule has 0 spiro atoms. The highest BCUT2D eigenvalue weighted by Crippen LogP contribution is 2.25. The molecule has 0 aromatic rings. The molecule has 3 N–H and O–H groups in total. The lowest BCUT2D eigenvalue weighted by atomic mass is 9.92. The van der Waals surface area contributed by atoms with Gasteiger partial charge in [-0.25, -0.2) is 4.79 Å². The third kappa shape index (κ3) is 17.3. The van der Waals surface area contributed by atoms with E-state index in [1.807, 2.05) is 0 Å². The van der Waals surface area contributed by atoms with E-state index >= 15 is 0 Å². The number of aliphatic hydroxyl groups excluding tert-OH is 2. The van der Waals surface area contributed by atoms with Crippen molar-refractivity contribution in [3.63, 3.8) is 0 Å². The van der Waals surface area contributed by atoms with Gasteiger partial charge in [0.15, 0.2) is 6.10 Å². The summed E-state index contributed by atoms with van der Waals surface area (Å²) in [5.41, 5.74) is 0. The number of rotatable bonds is 27. The molecule has 1 fully saturated rings. The van der Waals surface area contributed by atoms with Gasteiger partial charge >= 0.3 is 5.97 Å². The Kier molecular flexibility index (Phi) is 23.3. The molecule has 250 valence electrons. The van der Waals surface area contributed by atoms with Crippen LogP contribution in [0.5, 0.6) is 0 Å². The fourth-order valence-electron chi connectivity index (χ4n) is 5.48. The minimum atomic E-state index is -1.32. The normalized spacial score (nSPS) is 21.8. The maximum Gasteiger partial charge on any atom is 0.337 e. The lowest BCUT2D eigenvalue weighted by Crippen LogP contribution is -2.67. The quantitative estimate of drug-likeness (QED) is 0.0465. The molecule has 0 bridgehead atoms. The fraction of sp³-hybridized carbons (Fsp3) is 0.853. The van der Waals surface area contributed by atoms with Crippen molar-refractivity contribution in [1.29, 1.82) is 0 Å². The number of carbonyl (C=O) groups is 3. The zero-order valence-corrected chi connectivity index (χ0v) is 27.1. The first-order chi connectivity index (χ1) is 20.9. The van der Waals surface area contributed by atoms with Gasteiger partial charge in [-0.2, -0.15) is 0 Å². The number of Topliss-reactive ketones (excluding diaryl/α,β-unsaturated/α-hetero) is 1. The smallest absolute Gasteiger partial charge is 0.337 e. The van der Waals surface area contributed by atoms with E-state index in [1.165, 1.54) is 70.3 Å². The average Bonchev–Trinajstić information content (AvgIpc) is 2.99. The van der Waals surface area contributed by atoms with Crippen LogP contribution in [0.3, 0.4) is 0 Å². The molecule has 1 aliphatic rings. The Labute approximate surface area is 260 Å². The Morgan fingerprint density at radius 3 is 1.91 bits per heavy atom. The molecule has 1 saturated heterocycles. The SMILES string of the molecule is C=CCOC(=O)[C@H]1O[C@H](CO)[C@@H](O)[C@H](OCCCCCCCCCC)[C@H]1NC(=O)CC(=O)CCCCCCCCCCC. The standard InChI is InChI=1S/C34H61NO8/c1-4-7-9-11-13-15-16-18-20-22-27(37)25-29(38)35-30-32(41-24-21-19-17-14-12-10-8-5-2)31(39)28(26-36)43-33(30)34(40)42-23-6-3/h6,28,30-33,36,39H,3-5,7-26H2,1-2H3,(H,35,38)/t28-,30-,31-,32-,33+/m1/s1. The molecule has 1 aliphatic heterocycles. The minimum Gasteiger partial charge on any atom is -0.459 e. The molecule has 5 atom stereocenters. The average molecular weight is 612 g/mol. The second kappa shape index (κ2) is 25.5. The molecule has 1 rings (SSSR count). The van der Waals surface area contributed by atoms with Crippen LogP contribution in [0.2, 0.25) is 0 Å². The number of nitrogens with one attached hydrogen (secondary N) is 1. The number of ether oxygens (including phenoxy) is 3. The van der Waals surface area contributed by atoms with Gasteiger partial charge in [0.05, 0.1) is 19.1 Å². The Morgan fingerprint density at radius 1 is 0.837 bits per heavy atom. The zero-order chi connectivity index (χ0) is 31.7. The second-order valence-electron chi connectivity index (χ2n) is 11.9. The van der Waals surface area contributed by atoms with Gasteiger partial charge in [-0.3, -0.25) is 9.59 Å². The van der Waals surface area contributed by atoms with Gasteiger partial charge in [-0.05, 0) is 12.8 Å². The number of unbranched alkanes of at least 4 members (excludes halogenated alkanes) is 15. The fourth-order valence-corrected chi connectivity index (χ4v) is 5.48. The topological polar surface area (TPSA) is 131 Å². The van der Waals surface area contributed by atoms with E-state index in [0.29, 0.717) is 13.0 Å². The first kappa shape index (κ1) is 39.2. The van der Waals surface area contributed by atoms with Crippen molar-refractivity contribution in [2.75, 3.05) is 19.8 Å². The van der Waals surface area contributed by atoms with E-state index in [-0.39, 0.29) is 18.8 Å². The van der Waals surface area contributed by atoms with Gasteiger partial charge in [0.2, 0.25) is 5.91 Å². The largest absolute Gasteiger partial charge is 0.459 e. The zero-order valence-electron chi connectivity index (χ0n) is 27.1. The van der Waals surface area contributed by atoms with Gasteiger partial charge in [-0.15, -0.1) is 0 Å². The summed E-state index contributed by atoms with van der Waals surface area (Å²) in [6, 6.07) is -1.09. The first-order valence-electron chi connectivity index (χ1n) is 17.0. The van der Waals surface area contributed by atoms with Crippen molar-refractivity contribution in [1.82, 2.24) is 5.32 Å². The van der Waals surface area contributed by atoms with E-state index in [1.54, 1.807) is 0 Å². The number of hydrogen-bond acceptors (Lipinski definition) is 8. The van der Waals surface area contributed by atoms with Crippen molar-refractivity contribution < 1.29 is 38.8 Å². The summed E-state index contributed by atoms with van der Waals surface area (Å²) in [7, 11) is 0. The van der Waals surface area contributed by atoms with Crippen LogP contribution in [-0.4, -0.2) is 78.2 Å². The Hall–Kier alpha value is -1.81. The monoisotopic (exact) mass is 611 g/mol. The third-order valence-corrected chi connectivity index (χ3v) is 8.03. The van der Waals surface area contributed by atoms with Crippen LogP contribution in [0.1, 0.15) is 136 Å². The van der Waals surface area contributed by atoms with E-state index in [4.69, 9.17) is 14.2 Å². The number of hydrogen-bond donors (Lipinski definition) is 3. The van der Waals surface area contributed by atoms with Crippen LogP contribution < -0.4 is 5.32 Å². The summed E-state index contributed by atoms with van der Waals surface area (Å²) in [6.45, 7) is 7.66. The van der Waals surface area contributed by atoms with E-state index in [0.717, 1.165) is 44.9 Å². The van der Waals surface area contributed by atoms with Crippen LogP contribution in [0, 0.1) is 0 Å². The van der Waals surface area contributed by atoms with Crippen molar-refractivity contribution in [2.24, 2.45) is 0 Å². The highest BCUT2D eigenvalue weighted by atomic mass is 16.6. The maximum atomic E-state index is 12.9. The van der Waals surface area contributed by atoms with Crippen molar-refractivity contribution in [3.8, 4) is 0 Å². The molecule has 9 nitrogen and oxygen atoms in total. The summed E-state index contributed by atoms with van der Waals surface area (Å²) < 4.78 is 16.9. The molecule has 0 saturated carbocycles. The van der Waals surface area contributed by atoms with E-state index in [2.05, 4.69) is 25.7 Å². The molecule has 0 aliphatic carbocycles. The summed E-state index contributed by atoms with van der Waals surface area (Å²) in [5, 5.41) is 23.5. The minimum absolute atomic E-state index is 0.0628. The number of ketones is 1. The molecule has 43 heavy (non-hydrogen) atoms. The molecular weight excluding hydrogens is 550 g/mol. The Bertz CT molecular complexity index is 761. The summed E-state index contributed by atoms with van der Waals surface area (Å²) in [6.07, 6.45) is 15.8. The van der Waals surface area contributed by atoms with Crippen molar-refractivity contribution in [3.05, 3.63) is 12.7 Å². The Balaban J connectivity index is 2.68. The molecule has 0 aromatic heterocycles. The number of esters is 1. The molecule has 0 radical (unpaired) electrons. The molecular formula is C34H61NO8. The van der Waals surface area contributed by atoms with Crippen LogP contribution in [-0.2, 0) is 28.6 Å². The molecule has 0 unspecified atom stereocenters. The van der Waals surface area contributed by atoms with Crippen molar-refractivity contribution >= 4 is 17.7 Å². The van der Waals surface area contributed by atoms with Gasteiger partial charge in [-0.1, -0.05) is 123 Å². The number of carbonyl (C=O) groups excluding carboxylic acids is 3. The van der Waals surface area contributed by atoms with Crippen molar-refractivity contribution in [2.45, 2.75) is 166 Å². The van der Waals surface area contributed by atoms with Crippen LogP contribution in [0.25, 0.3) is 0 Å². The Morgan fingerprint density at radius 2 is 1.37 bits per heavy atom. The number of aliphatic hydroxyl groups is 2. The molecule has 1 heterocycles. The summed E-state index contributed by atoms with van der Waals surface area (Å²) in [4.78, 5) is 38.4. The molecule has 0 aromatic carbocycles. The summed E-state index contributed by atoms with van der Waals surface area (Å²) >= 11 is 0. The summed E-state index contributed by atoms with van der Waals surface area (Å²) in [5.74, 6) is -1.50. The maximum absolute atomic E-state index is 12.9. The van der Waals surface area contributed by atoms with Gasteiger partial charge < -0.3 is 29.7 Å². The second-order valence-corrected chi connectivity index (χ2v) is 11.9. The van der Waals surface area contributed by atoms with E-state index < -0.39 is 48.9 Å². The predicted octanol–water partition coefficient (Wildman–Crippen LogP) is 5.73. The third-order valence-electron chi connectivity index (χ3n) is 8.03. The highest BCUT2D eigenvalue weighted by Gasteiger charge is 2.50. The van der Waals surface area contributed by atoms with Gasteiger partial charge in [0.1, 0.15) is 30.7 Å². The molecule has 1 amide bonds. The van der Waals surface area contributed by atoms with Crippen LogP contribution >= 0.6 is 0 Å². The van der Waals surface area contributed by atoms with E-state index in [9.17, 15) is 24.6 Å². The van der Waals surface area contributed by atoms with Gasteiger partial charge in [0.25, 0.3) is 0 Å².